The summed E-state index contributed by atoms with van der Waals surface area (Å²) in [4.78, 5) is 59.2. The minimum absolute atomic E-state index is 0.0434. The molecule has 3 N–H and O–H groups in total. The number of aryl methyl sites for hydroxylation is 1. The molecule has 0 radical (unpaired) electrons. The van der Waals surface area contributed by atoms with E-state index in [-0.39, 0.29) is 62.0 Å². The standard InChI is InChI=1S/C34H38F3N5O9S/c1-50-20-9-10-23-22(15-20)21-11-12-32(51-26(21)27(38-23)34(35,36)37)17-25-28(43)40-33(30(45)42-13-14-52(42,48)49)16-19(33)7-5-3-2-4-6-8-24(39-31(46)47)29(44)41(25)18-32/h5,7,9-10,15,19,24-25,39H,2-4,6,8,11-14,16-18H2,1H3,(H,40,43)(H,46,47). The second-order valence-electron chi connectivity index (χ2n) is 14.2. The maximum Gasteiger partial charge on any atom is 0.437 e. The van der Waals surface area contributed by atoms with Crippen LogP contribution in [0.15, 0.2) is 30.4 Å². The van der Waals surface area contributed by atoms with Gasteiger partial charge in [0.05, 0.1) is 31.5 Å². The van der Waals surface area contributed by atoms with Gasteiger partial charge in [0.15, 0.2) is 11.4 Å². The molecule has 1 aromatic carbocycles. The quantitative estimate of drug-likeness (QED) is 0.394. The minimum Gasteiger partial charge on any atom is -0.497 e. The van der Waals surface area contributed by atoms with Crippen LogP contribution in [0.3, 0.4) is 0 Å². The Hall–Kier alpha value is -4.61. The summed E-state index contributed by atoms with van der Waals surface area (Å²) < 4.78 is 80.9. The van der Waals surface area contributed by atoms with Gasteiger partial charge >= 0.3 is 12.3 Å². The zero-order valence-corrected chi connectivity index (χ0v) is 29.0. The van der Waals surface area contributed by atoms with Crippen LogP contribution in [0.4, 0.5) is 18.0 Å². The molecule has 1 aromatic heterocycles. The summed E-state index contributed by atoms with van der Waals surface area (Å²) in [6, 6.07) is 1.80. The molecule has 0 bridgehead atoms. The maximum atomic E-state index is 14.6. The average Bonchev–Trinajstić information content (AvgIpc) is 3.66. The number of alkyl halides is 3. The SMILES string of the molecule is COc1ccc2nc(C(F)(F)F)c3c(c2c1)CCC1(CC2C(=O)NC4(C(=O)N5CCS5(=O)=O)CC4C=CCCCCCC(NC(=O)O)C(=O)N2C1)O3. The van der Waals surface area contributed by atoms with Crippen LogP contribution in [0.2, 0.25) is 0 Å². The third-order valence-corrected chi connectivity index (χ3v) is 12.6. The van der Waals surface area contributed by atoms with E-state index in [9.17, 15) is 45.9 Å². The first kappa shape index (κ1) is 35.8. The lowest BCUT2D eigenvalue weighted by Gasteiger charge is -2.37. The Bertz CT molecular complexity index is 1990. The molecule has 3 fully saturated rings. The molecule has 1 aliphatic carbocycles. The molecule has 18 heteroatoms. The number of fused-ring (bicyclic) bond motifs is 5. The number of carboxylic acid groups (broad SMARTS) is 1. The number of sulfonamides is 1. The van der Waals surface area contributed by atoms with Gasteiger partial charge in [-0.05, 0) is 56.7 Å². The first-order chi connectivity index (χ1) is 24.6. The van der Waals surface area contributed by atoms with Crippen LogP contribution < -0.4 is 20.1 Å². The van der Waals surface area contributed by atoms with Gasteiger partial charge in [-0.25, -0.2) is 22.5 Å². The van der Waals surface area contributed by atoms with Crippen molar-refractivity contribution in [2.24, 2.45) is 5.92 Å². The number of benzene rings is 1. The molecule has 280 valence electrons. The highest BCUT2D eigenvalue weighted by molar-refractivity contribution is 7.90. The van der Waals surface area contributed by atoms with Crippen LogP contribution in [0.1, 0.15) is 62.6 Å². The molecular weight excluding hydrogens is 711 g/mol. The number of nitrogens with one attached hydrogen (secondary N) is 2. The number of hydrogen-bond donors (Lipinski definition) is 3. The zero-order valence-electron chi connectivity index (χ0n) is 28.2. The lowest BCUT2D eigenvalue weighted by Crippen LogP contribution is -2.62. The van der Waals surface area contributed by atoms with Crippen LogP contribution in [-0.4, -0.2) is 101 Å². The number of carbonyl (C=O) groups is 4. The van der Waals surface area contributed by atoms with Crippen LogP contribution in [-0.2, 0) is 37.0 Å². The van der Waals surface area contributed by atoms with Crippen molar-refractivity contribution >= 4 is 44.7 Å². The Labute approximate surface area is 296 Å². The van der Waals surface area contributed by atoms with Crippen molar-refractivity contribution in [2.75, 3.05) is 26.0 Å². The molecule has 4 amide bonds. The molecule has 4 aliphatic heterocycles. The molecule has 52 heavy (non-hydrogen) atoms. The van der Waals surface area contributed by atoms with E-state index < -0.39 is 80.6 Å². The number of rotatable bonds is 3. The summed E-state index contributed by atoms with van der Waals surface area (Å²) >= 11 is 0. The highest BCUT2D eigenvalue weighted by atomic mass is 32.2. The van der Waals surface area contributed by atoms with Crippen LogP contribution in [0.5, 0.6) is 11.5 Å². The molecule has 14 nitrogen and oxygen atoms in total. The van der Waals surface area contributed by atoms with E-state index in [1.807, 2.05) is 6.08 Å². The van der Waals surface area contributed by atoms with Gasteiger partial charge in [0.25, 0.3) is 5.91 Å². The summed E-state index contributed by atoms with van der Waals surface area (Å²) in [5.41, 5.74) is -4.09. The van der Waals surface area contributed by atoms with Crippen molar-refractivity contribution in [1.29, 1.82) is 0 Å². The third-order valence-electron chi connectivity index (χ3n) is 10.8. The van der Waals surface area contributed by atoms with Crippen molar-refractivity contribution in [1.82, 2.24) is 24.8 Å². The fraction of sp³-hybridized carbons (Fsp3) is 0.559. The lowest BCUT2D eigenvalue weighted by atomic mass is 9.87. The maximum absolute atomic E-state index is 14.6. The number of carbonyl (C=O) groups excluding carboxylic acids is 3. The van der Waals surface area contributed by atoms with E-state index in [1.165, 1.54) is 19.2 Å². The molecule has 5 atom stereocenters. The summed E-state index contributed by atoms with van der Waals surface area (Å²) in [6.45, 7) is -0.405. The third kappa shape index (κ3) is 6.27. The van der Waals surface area contributed by atoms with Gasteiger partial charge < -0.3 is 30.1 Å². The van der Waals surface area contributed by atoms with Crippen LogP contribution in [0.25, 0.3) is 10.9 Å². The second kappa shape index (κ2) is 12.8. The predicted molar refractivity (Wildman–Crippen MR) is 177 cm³/mol. The van der Waals surface area contributed by atoms with E-state index in [0.717, 1.165) is 9.21 Å². The predicted octanol–water partition coefficient (Wildman–Crippen LogP) is 3.13. The number of aromatic nitrogens is 1. The number of halogens is 3. The van der Waals surface area contributed by atoms with Gasteiger partial charge in [0, 0.05) is 23.3 Å². The monoisotopic (exact) mass is 749 g/mol. The van der Waals surface area contributed by atoms with Gasteiger partial charge in [0.2, 0.25) is 21.8 Å². The molecule has 2 aromatic rings. The van der Waals surface area contributed by atoms with Gasteiger partial charge in [-0.3, -0.25) is 14.4 Å². The fourth-order valence-corrected chi connectivity index (χ4v) is 9.04. The number of nitrogens with zero attached hydrogens (tertiary/aromatic N) is 3. The number of hydrogen-bond acceptors (Lipinski definition) is 9. The van der Waals surface area contributed by atoms with E-state index in [4.69, 9.17) is 9.47 Å². The minimum atomic E-state index is -4.93. The van der Waals surface area contributed by atoms with Crippen molar-refractivity contribution in [2.45, 2.75) is 87.2 Å². The Kier molecular flexibility index (Phi) is 8.81. The topological polar surface area (TPSA) is 185 Å². The zero-order chi connectivity index (χ0) is 37.2. The van der Waals surface area contributed by atoms with Crippen molar-refractivity contribution in [3.05, 3.63) is 41.6 Å². The van der Waals surface area contributed by atoms with Gasteiger partial charge in [0.1, 0.15) is 29.0 Å². The van der Waals surface area contributed by atoms with Gasteiger partial charge in [-0.2, -0.15) is 13.2 Å². The van der Waals surface area contributed by atoms with Gasteiger partial charge in [-0.15, -0.1) is 0 Å². The van der Waals surface area contributed by atoms with Crippen LogP contribution in [0, 0.1) is 5.92 Å². The van der Waals surface area contributed by atoms with Crippen LogP contribution >= 0.6 is 0 Å². The fourth-order valence-electron chi connectivity index (χ4n) is 7.96. The molecule has 1 saturated carbocycles. The highest BCUT2D eigenvalue weighted by Gasteiger charge is 2.65. The normalized spacial score (nSPS) is 30.1. The summed E-state index contributed by atoms with van der Waals surface area (Å²) in [5, 5.41) is 15.0. The molecule has 1 spiro atoms. The number of ether oxygens (including phenoxy) is 2. The van der Waals surface area contributed by atoms with Crippen molar-refractivity contribution in [3.8, 4) is 11.5 Å². The lowest BCUT2D eigenvalue weighted by molar-refractivity contribution is -0.144. The summed E-state index contributed by atoms with van der Waals surface area (Å²) in [6.07, 6.45) is -0.341. The largest absolute Gasteiger partial charge is 0.497 e. The Morgan fingerprint density at radius 1 is 1.17 bits per heavy atom. The molecule has 7 rings (SSSR count). The second-order valence-corrected chi connectivity index (χ2v) is 16.2. The highest BCUT2D eigenvalue weighted by Crippen LogP contribution is 2.50. The average molecular weight is 750 g/mol. The number of allylic oxidation sites excluding steroid dienone is 1. The van der Waals surface area contributed by atoms with Crippen molar-refractivity contribution in [3.63, 3.8) is 0 Å². The van der Waals surface area contributed by atoms with E-state index in [0.29, 0.717) is 36.8 Å². The summed E-state index contributed by atoms with van der Waals surface area (Å²) in [5.74, 6) is -3.28. The van der Waals surface area contributed by atoms with Gasteiger partial charge in [-0.1, -0.05) is 25.0 Å². The Balaban J connectivity index is 1.28. The molecule has 5 unspecified atom stereocenters. The Morgan fingerprint density at radius 2 is 1.96 bits per heavy atom. The van der Waals surface area contributed by atoms with E-state index >= 15 is 0 Å². The molecule has 5 aliphatic rings. The number of amides is 4. The Morgan fingerprint density at radius 3 is 2.63 bits per heavy atom. The van der Waals surface area contributed by atoms with E-state index in [2.05, 4.69) is 15.6 Å². The first-order valence-electron chi connectivity index (χ1n) is 17.2. The number of methoxy groups -OCH3 is 1. The molecule has 2 saturated heterocycles. The first-order valence-corrected chi connectivity index (χ1v) is 18.8. The molecular formula is C34H38F3N5O9S. The van der Waals surface area contributed by atoms with Crippen molar-refractivity contribution < 1.29 is 55.3 Å². The van der Waals surface area contributed by atoms with E-state index in [1.54, 1.807) is 12.1 Å². The molecule has 5 heterocycles. The number of pyridine rings is 1. The summed E-state index contributed by atoms with van der Waals surface area (Å²) in [7, 11) is -2.42. The smallest absolute Gasteiger partial charge is 0.437 e.